The fourth-order valence-corrected chi connectivity index (χ4v) is 3.29. The second-order valence-electron chi connectivity index (χ2n) is 6.66. The van der Waals surface area contributed by atoms with Crippen LogP contribution in [0.15, 0.2) is 12.4 Å². The van der Waals surface area contributed by atoms with E-state index in [1.807, 2.05) is 14.1 Å². The number of aliphatic hydroxyl groups excluding tert-OH is 1. The molecule has 7 heteroatoms. The molecule has 2 fully saturated rings. The first-order valence-electron chi connectivity index (χ1n) is 7.94. The summed E-state index contributed by atoms with van der Waals surface area (Å²) in [5, 5.41) is 23.1. The fraction of sp³-hybridized carbons (Fsp3) is 0.667. The topological polar surface area (TPSA) is 69.8 Å². The Morgan fingerprint density at radius 1 is 1.27 bits per heavy atom. The molecule has 0 spiro atoms. The number of aromatic nitrogens is 4. The molecular weight excluding hydrogens is 280 g/mol. The molecule has 0 amide bonds. The molecule has 118 valence electrons. The number of anilines is 1. The second-order valence-corrected chi connectivity index (χ2v) is 6.66. The minimum atomic E-state index is -0.273. The molecule has 22 heavy (non-hydrogen) atoms. The van der Waals surface area contributed by atoms with Crippen LogP contribution in [0.4, 0.5) is 5.69 Å². The van der Waals surface area contributed by atoms with Gasteiger partial charge in [-0.05, 0) is 39.4 Å². The molecular formula is C15H22N6O. The van der Waals surface area contributed by atoms with Crippen molar-refractivity contribution in [3.8, 4) is 0 Å². The van der Waals surface area contributed by atoms with Crippen molar-refractivity contribution >= 4 is 11.3 Å². The van der Waals surface area contributed by atoms with Crippen molar-refractivity contribution in [1.29, 1.82) is 0 Å². The lowest BCUT2D eigenvalue weighted by Crippen LogP contribution is -2.53. The highest BCUT2D eigenvalue weighted by atomic mass is 16.3. The predicted molar refractivity (Wildman–Crippen MR) is 83.1 cm³/mol. The van der Waals surface area contributed by atoms with Gasteiger partial charge in [-0.1, -0.05) is 0 Å². The number of hydrogen-bond acceptors (Lipinski definition) is 6. The van der Waals surface area contributed by atoms with Crippen LogP contribution in [-0.2, 0) is 0 Å². The van der Waals surface area contributed by atoms with Gasteiger partial charge in [0, 0.05) is 19.0 Å². The third kappa shape index (κ3) is 2.34. The summed E-state index contributed by atoms with van der Waals surface area (Å²) in [5.74, 6) is 0.588. The predicted octanol–water partition coefficient (Wildman–Crippen LogP) is 0.503. The Balaban J connectivity index is 1.71. The van der Waals surface area contributed by atoms with Crippen molar-refractivity contribution in [2.45, 2.75) is 37.3 Å². The first kappa shape index (κ1) is 13.9. The molecule has 1 aliphatic carbocycles. The Kier molecular flexibility index (Phi) is 3.27. The van der Waals surface area contributed by atoms with Crippen LogP contribution in [0.1, 0.15) is 30.9 Å². The lowest BCUT2D eigenvalue weighted by molar-refractivity contribution is 0.0603. The molecule has 7 nitrogen and oxygen atoms in total. The molecule has 2 atom stereocenters. The van der Waals surface area contributed by atoms with E-state index in [9.17, 15) is 5.11 Å². The van der Waals surface area contributed by atoms with Crippen LogP contribution < -0.4 is 4.90 Å². The van der Waals surface area contributed by atoms with Gasteiger partial charge in [0.2, 0.25) is 5.65 Å². The molecule has 0 unspecified atom stereocenters. The monoisotopic (exact) mass is 302 g/mol. The summed E-state index contributed by atoms with van der Waals surface area (Å²) in [6.45, 7) is 1.63. The maximum Gasteiger partial charge on any atom is 0.200 e. The van der Waals surface area contributed by atoms with Gasteiger partial charge < -0.3 is 14.9 Å². The van der Waals surface area contributed by atoms with Gasteiger partial charge in [-0.3, -0.25) is 0 Å². The maximum atomic E-state index is 10.2. The zero-order chi connectivity index (χ0) is 15.3. The van der Waals surface area contributed by atoms with E-state index in [2.05, 4.69) is 31.2 Å². The van der Waals surface area contributed by atoms with Crippen LogP contribution >= 0.6 is 0 Å². The highest BCUT2D eigenvalue weighted by molar-refractivity contribution is 5.69. The molecule has 2 aromatic rings. The van der Waals surface area contributed by atoms with Crippen LogP contribution in [0.3, 0.4) is 0 Å². The van der Waals surface area contributed by atoms with Crippen LogP contribution in [0, 0.1) is 0 Å². The van der Waals surface area contributed by atoms with Gasteiger partial charge in [-0.15, -0.1) is 10.2 Å². The van der Waals surface area contributed by atoms with E-state index < -0.39 is 0 Å². The third-order valence-electron chi connectivity index (χ3n) is 4.81. The highest BCUT2D eigenvalue weighted by Crippen LogP contribution is 2.40. The number of piperidine rings is 1. The molecule has 3 heterocycles. The number of likely N-dealkylation sites (N-methyl/N-ethyl adjacent to an activating group) is 1. The van der Waals surface area contributed by atoms with E-state index in [0.29, 0.717) is 5.92 Å². The first-order valence-corrected chi connectivity index (χ1v) is 7.94. The summed E-state index contributed by atoms with van der Waals surface area (Å²) >= 11 is 0. The number of hydrogen-bond donors (Lipinski definition) is 1. The number of rotatable bonds is 3. The molecule has 0 radical (unpaired) electrons. The number of aliphatic hydroxyl groups is 1. The first-order chi connectivity index (χ1) is 10.6. The average molecular weight is 302 g/mol. The molecule has 0 aromatic carbocycles. The summed E-state index contributed by atoms with van der Waals surface area (Å²) in [6.07, 6.45) is 4.61. The van der Waals surface area contributed by atoms with Crippen LogP contribution in [0.5, 0.6) is 0 Å². The van der Waals surface area contributed by atoms with Crippen molar-refractivity contribution < 1.29 is 5.11 Å². The molecule has 1 saturated heterocycles. The van der Waals surface area contributed by atoms with Gasteiger partial charge in [-0.25, -0.2) is 0 Å². The normalized spacial score (nSPS) is 26.1. The second kappa shape index (κ2) is 5.17. The summed E-state index contributed by atoms with van der Waals surface area (Å²) in [5.41, 5.74) is 3.03. The Morgan fingerprint density at radius 2 is 2.09 bits per heavy atom. The molecule has 2 aromatic heterocycles. The van der Waals surface area contributed by atoms with Gasteiger partial charge in [0.05, 0.1) is 23.5 Å². The largest absolute Gasteiger partial charge is 0.391 e. The molecule has 1 saturated carbocycles. The zero-order valence-electron chi connectivity index (χ0n) is 13.1. The molecule has 1 N–H and O–H groups in total. The highest BCUT2D eigenvalue weighted by Gasteiger charge is 2.32. The van der Waals surface area contributed by atoms with Crippen molar-refractivity contribution in [1.82, 2.24) is 24.7 Å². The summed E-state index contributed by atoms with van der Waals surface area (Å²) in [4.78, 5) is 4.41. The zero-order valence-corrected chi connectivity index (χ0v) is 13.1. The van der Waals surface area contributed by atoms with Crippen LogP contribution in [0.2, 0.25) is 0 Å². The lowest BCUT2D eigenvalue weighted by Gasteiger charge is -2.40. The number of nitrogens with zero attached hydrogens (tertiary/aromatic N) is 6. The van der Waals surface area contributed by atoms with Gasteiger partial charge in [-0.2, -0.15) is 9.61 Å². The van der Waals surface area contributed by atoms with E-state index in [0.717, 1.165) is 36.5 Å². The van der Waals surface area contributed by atoms with Gasteiger partial charge in [0.1, 0.15) is 6.33 Å². The third-order valence-corrected chi connectivity index (χ3v) is 4.81. The Morgan fingerprint density at radius 3 is 2.82 bits per heavy atom. The molecule has 0 bridgehead atoms. The van der Waals surface area contributed by atoms with E-state index in [4.69, 9.17) is 0 Å². The fourth-order valence-electron chi connectivity index (χ4n) is 3.29. The van der Waals surface area contributed by atoms with Crippen molar-refractivity contribution in [2.24, 2.45) is 0 Å². The van der Waals surface area contributed by atoms with Crippen molar-refractivity contribution in [3.05, 3.63) is 18.1 Å². The molecule has 2 aliphatic rings. The minimum Gasteiger partial charge on any atom is -0.391 e. The lowest BCUT2D eigenvalue weighted by atomic mass is 10.0. The van der Waals surface area contributed by atoms with E-state index in [1.54, 1.807) is 10.8 Å². The minimum absolute atomic E-state index is 0.134. The van der Waals surface area contributed by atoms with Crippen LogP contribution in [0.25, 0.3) is 5.65 Å². The summed E-state index contributed by atoms with van der Waals surface area (Å²) in [6, 6.07) is 2.31. The SMILES string of the molecule is CN(C)[C@@H]1CN(c2cc(C3CC3)nn3cnnc23)CC[C@@H]1O. The number of fused-ring (bicyclic) bond motifs is 1. The Labute approximate surface area is 129 Å². The Hall–Kier alpha value is -1.73. The van der Waals surface area contributed by atoms with Crippen LogP contribution in [-0.4, -0.2) is 69.1 Å². The van der Waals surface area contributed by atoms with Crippen molar-refractivity contribution in [2.75, 3.05) is 32.1 Å². The smallest absolute Gasteiger partial charge is 0.200 e. The standard InChI is InChI=1S/C15H22N6O/c1-19(2)13-8-20(6-5-14(13)22)12-7-11(10-3-4-10)18-21-9-16-17-15(12)21/h7,9-10,13-14,22H,3-6,8H2,1-2H3/t13-,14+/m1/s1. The average Bonchev–Trinajstić information content (AvgIpc) is 3.24. The van der Waals surface area contributed by atoms with Gasteiger partial charge >= 0.3 is 0 Å². The molecule has 1 aliphatic heterocycles. The van der Waals surface area contributed by atoms with E-state index >= 15 is 0 Å². The van der Waals surface area contributed by atoms with E-state index in [1.165, 1.54) is 12.8 Å². The maximum absolute atomic E-state index is 10.2. The van der Waals surface area contributed by atoms with Crippen molar-refractivity contribution in [3.63, 3.8) is 0 Å². The van der Waals surface area contributed by atoms with Gasteiger partial charge in [0.15, 0.2) is 0 Å². The Bertz CT molecular complexity index is 680. The summed E-state index contributed by atoms with van der Waals surface area (Å²) in [7, 11) is 4.04. The summed E-state index contributed by atoms with van der Waals surface area (Å²) < 4.78 is 1.79. The quantitative estimate of drug-likeness (QED) is 0.890. The molecule has 4 rings (SSSR count). The van der Waals surface area contributed by atoms with Gasteiger partial charge in [0.25, 0.3) is 0 Å². The van der Waals surface area contributed by atoms with E-state index in [-0.39, 0.29) is 12.1 Å².